The van der Waals surface area contributed by atoms with Gasteiger partial charge in [-0.1, -0.05) is 18.2 Å². The van der Waals surface area contributed by atoms with E-state index in [4.69, 9.17) is 0 Å². The topological polar surface area (TPSA) is 78.1 Å². The van der Waals surface area contributed by atoms with E-state index in [0.717, 1.165) is 36.2 Å². The van der Waals surface area contributed by atoms with Crippen LogP contribution in [-0.4, -0.2) is 75.8 Å². The van der Waals surface area contributed by atoms with Crippen molar-refractivity contribution in [1.82, 2.24) is 24.4 Å². The third kappa shape index (κ3) is 6.26. The number of carbonyl (C=O) groups excluding carboxylic acids is 1. The number of dihydropyridines is 1. The number of likely N-dealkylation sites (N-methyl/N-ethyl adjacent to an activating group) is 1. The first-order valence-corrected chi connectivity index (χ1v) is 12.8. The summed E-state index contributed by atoms with van der Waals surface area (Å²) in [7, 11) is 2.00. The van der Waals surface area contributed by atoms with Crippen molar-refractivity contribution in [2.75, 3.05) is 38.5 Å². The molecule has 5 rings (SSSR count). The lowest BCUT2D eigenvalue weighted by molar-refractivity contribution is -0.138. The van der Waals surface area contributed by atoms with Crippen molar-refractivity contribution >= 4 is 23.5 Å². The van der Waals surface area contributed by atoms with Crippen molar-refractivity contribution in [3.63, 3.8) is 0 Å². The maximum Gasteiger partial charge on any atom is 0.416 e. The minimum atomic E-state index is -4.54. The molecule has 4 heterocycles. The first kappa shape index (κ1) is 26.8. The Labute approximate surface area is 224 Å². The molecule has 39 heavy (non-hydrogen) atoms. The molecule has 1 unspecified atom stereocenters. The number of alkyl halides is 3. The van der Waals surface area contributed by atoms with Crippen LogP contribution >= 0.6 is 0 Å². The molecule has 11 heteroatoms. The summed E-state index contributed by atoms with van der Waals surface area (Å²) >= 11 is 0. The Balaban J connectivity index is 1.31. The lowest BCUT2D eigenvalue weighted by Gasteiger charge is -2.33. The number of fused-ring (bicyclic) bond motifs is 1. The fourth-order valence-electron chi connectivity index (χ4n) is 4.71. The predicted molar refractivity (Wildman–Crippen MR) is 144 cm³/mol. The average Bonchev–Trinajstić information content (AvgIpc) is 3.33. The maximum atomic E-state index is 13.9. The second-order valence-corrected chi connectivity index (χ2v) is 9.91. The maximum absolute atomic E-state index is 13.9. The number of pyridine rings is 1. The summed E-state index contributed by atoms with van der Waals surface area (Å²) in [6.45, 7) is 5.17. The Morgan fingerprint density at radius 1 is 1.13 bits per heavy atom. The molecule has 1 amide bonds. The van der Waals surface area contributed by atoms with E-state index in [1.807, 2.05) is 53.7 Å². The SMILES string of the molecule is CC1N=CC(C(=O)Nc2ccc(CN3CCN(C)CC3)c(C(F)(F)F)c2)=CC1=CCc1nnc2ccccn12. The summed E-state index contributed by atoms with van der Waals surface area (Å²) in [5, 5.41) is 11.0. The van der Waals surface area contributed by atoms with E-state index in [1.165, 1.54) is 18.3 Å². The van der Waals surface area contributed by atoms with Crippen molar-refractivity contribution in [2.45, 2.75) is 32.1 Å². The monoisotopic (exact) mass is 537 g/mol. The van der Waals surface area contributed by atoms with E-state index >= 15 is 0 Å². The summed E-state index contributed by atoms with van der Waals surface area (Å²) in [5.41, 5.74) is 1.37. The smallest absolute Gasteiger partial charge is 0.322 e. The molecule has 0 aliphatic carbocycles. The number of aromatic nitrogens is 3. The molecule has 0 bridgehead atoms. The normalized spacial score (nSPS) is 20.0. The number of hydrogen-bond acceptors (Lipinski definition) is 6. The Morgan fingerprint density at radius 2 is 1.92 bits per heavy atom. The van der Waals surface area contributed by atoms with Gasteiger partial charge in [-0.15, -0.1) is 10.2 Å². The Hall–Kier alpha value is -3.83. The number of halogens is 3. The number of piperazine rings is 1. The van der Waals surface area contributed by atoms with Gasteiger partial charge in [0.15, 0.2) is 5.65 Å². The van der Waals surface area contributed by atoms with E-state index in [1.54, 1.807) is 6.08 Å². The van der Waals surface area contributed by atoms with Gasteiger partial charge in [0.1, 0.15) is 5.82 Å². The van der Waals surface area contributed by atoms with Gasteiger partial charge in [0.25, 0.3) is 5.91 Å². The molecule has 0 radical (unpaired) electrons. The first-order valence-electron chi connectivity index (χ1n) is 12.8. The van der Waals surface area contributed by atoms with Gasteiger partial charge >= 0.3 is 6.18 Å². The molecule has 2 aromatic heterocycles. The molecule has 2 aliphatic rings. The standard InChI is InChI=1S/C28H30F3N7O/c1-19-20(7-9-26-35-34-25-5-3-4-10-38(25)26)15-22(17-32-19)27(39)33-23-8-6-21(24(16-23)28(29,30)31)18-37-13-11-36(2)12-14-37/h3-8,10,15-17,19H,9,11-14,18H2,1-2H3,(H,33,39). The Bertz CT molecular complexity index is 1450. The van der Waals surface area contributed by atoms with Crippen LogP contribution in [0.1, 0.15) is 23.9 Å². The summed E-state index contributed by atoms with van der Waals surface area (Å²) in [6, 6.07) is 9.46. The van der Waals surface area contributed by atoms with Crippen molar-refractivity contribution in [3.05, 3.63) is 82.8 Å². The molecule has 204 valence electrons. The van der Waals surface area contributed by atoms with Gasteiger partial charge in [-0.3, -0.25) is 19.1 Å². The number of allylic oxidation sites excluding steroid dienone is 1. The van der Waals surface area contributed by atoms with Crippen LogP contribution in [0.25, 0.3) is 5.65 Å². The summed E-state index contributed by atoms with van der Waals surface area (Å²) in [4.78, 5) is 21.6. The van der Waals surface area contributed by atoms with E-state index in [0.29, 0.717) is 19.5 Å². The number of amides is 1. The molecule has 1 fully saturated rings. The third-order valence-electron chi connectivity index (χ3n) is 7.07. The number of benzene rings is 1. The van der Waals surface area contributed by atoms with Crippen molar-refractivity contribution in [3.8, 4) is 0 Å². The highest BCUT2D eigenvalue weighted by atomic mass is 19.4. The van der Waals surface area contributed by atoms with E-state index in [9.17, 15) is 18.0 Å². The molecule has 1 N–H and O–H groups in total. The Kier molecular flexibility index (Phi) is 7.62. The van der Waals surface area contributed by atoms with Crippen LogP contribution < -0.4 is 5.32 Å². The Morgan fingerprint density at radius 3 is 2.69 bits per heavy atom. The number of nitrogens with zero attached hydrogens (tertiary/aromatic N) is 6. The van der Waals surface area contributed by atoms with Gasteiger partial charge in [0.05, 0.1) is 17.2 Å². The van der Waals surface area contributed by atoms with Crippen LogP contribution in [0.3, 0.4) is 0 Å². The lowest BCUT2D eigenvalue weighted by Crippen LogP contribution is -2.44. The summed E-state index contributed by atoms with van der Waals surface area (Å²) in [6.07, 6.45) is 2.93. The third-order valence-corrected chi connectivity index (χ3v) is 7.07. The van der Waals surface area contributed by atoms with Gasteiger partial charge < -0.3 is 10.2 Å². The van der Waals surface area contributed by atoms with E-state index in [-0.39, 0.29) is 29.4 Å². The zero-order valence-corrected chi connectivity index (χ0v) is 21.8. The minimum Gasteiger partial charge on any atom is -0.322 e. The van der Waals surface area contributed by atoms with Gasteiger partial charge in [-0.25, -0.2) is 0 Å². The molecule has 8 nitrogen and oxygen atoms in total. The van der Waals surface area contributed by atoms with Crippen LogP contribution in [0.2, 0.25) is 0 Å². The minimum absolute atomic E-state index is 0.0860. The molecule has 1 saturated heterocycles. The second-order valence-electron chi connectivity index (χ2n) is 9.91. The van der Waals surface area contributed by atoms with Gasteiger partial charge in [-0.05, 0) is 55.4 Å². The fraction of sp³-hybridized carbons (Fsp3) is 0.357. The number of rotatable bonds is 6. The van der Waals surface area contributed by atoms with Crippen LogP contribution in [0.15, 0.2) is 70.9 Å². The average molecular weight is 538 g/mol. The molecule has 2 aliphatic heterocycles. The van der Waals surface area contributed by atoms with Gasteiger partial charge in [0, 0.05) is 57.2 Å². The highest BCUT2D eigenvalue weighted by molar-refractivity contribution is 6.18. The van der Waals surface area contributed by atoms with Crippen molar-refractivity contribution < 1.29 is 18.0 Å². The highest BCUT2D eigenvalue weighted by Gasteiger charge is 2.34. The quantitative estimate of drug-likeness (QED) is 0.515. The van der Waals surface area contributed by atoms with Crippen LogP contribution in [0, 0.1) is 0 Å². The van der Waals surface area contributed by atoms with E-state index < -0.39 is 17.6 Å². The first-order chi connectivity index (χ1) is 18.7. The number of hydrogen-bond donors (Lipinski definition) is 1. The van der Waals surface area contributed by atoms with Gasteiger partial charge in [0.2, 0.25) is 0 Å². The van der Waals surface area contributed by atoms with E-state index in [2.05, 4.69) is 25.4 Å². The summed E-state index contributed by atoms with van der Waals surface area (Å²) < 4.78 is 43.7. The highest BCUT2D eigenvalue weighted by Crippen LogP contribution is 2.35. The van der Waals surface area contributed by atoms with Crippen LogP contribution in [-0.2, 0) is 23.9 Å². The lowest BCUT2D eigenvalue weighted by atomic mass is 10.0. The predicted octanol–water partition coefficient (Wildman–Crippen LogP) is 4.00. The van der Waals surface area contributed by atoms with Crippen molar-refractivity contribution in [1.29, 1.82) is 0 Å². The zero-order chi connectivity index (χ0) is 27.6. The number of aliphatic imine (C=N–C) groups is 1. The fourth-order valence-corrected chi connectivity index (χ4v) is 4.71. The molecule has 0 saturated carbocycles. The molecule has 3 aromatic rings. The molecule has 0 spiro atoms. The molecule has 1 aromatic carbocycles. The number of nitrogens with one attached hydrogen (secondary N) is 1. The van der Waals surface area contributed by atoms with Crippen LogP contribution in [0.5, 0.6) is 0 Å². The number of carbonyl (C=O) groups is 1. The largest absolute Gasteiger partial charge is 0.416 e. The van der Waals surface area contributed by atoms with Crippen LogP contribution in [0.4, 0.5) is 18.9 Å². The second kappa shape index (κ2) is 11.1. The zero-order valence-electron chi connectivity index (χ0n) is 21.8. The summed E-state index contributed by atoms with van der Waals surface area (Å²) in [5.74, 6) is 0.222. The number of anilines is 1. The molecular formula is C28H30F3N7O. The van der Waals surface area contributed by atoms with Gasteiger partial charge in [-0.2, -0.15) is 13.2 Å². The molecular weight excluding hydrogens is 507 g/mol. The van der Waals surface area contributed by atoms with Crippen molar-refractivity contribution in [2.24, 2.45) is 4.99 Å². The molecule has 1 atom stereocenters.